The zero-order chi connectivity index (χ0) is 22.2. The number of benzene rings is 1. The zero-order valence-corrected chi connectivity index (χ0v) is 18.3. The Bertz CT molecular complexity index is 1130. The number of nitrogens with zero attached hydrogens (tertiary/aromatic N) is 1. The van der Waals surface area contributed by atoms with Crippen LogP contribution in [0.2, 0.25) is 0 Å². The fourth-order valence-electron chi connectivity index (χ4n) is 3.35. The van der Waals surface area contributed by atoms with Crippen molar-refractivity contribution in [2.75, 3.05) is 7.11 Å². The summed E-state index contributed by atoms with van der Waals surface area (Å²) in [6.45, 7) is 0.268. The molecule has 1 aromatic heterocycles. The Balaban J connectivity index is 1.47. The Labute approximate surface area is 188 Å². The Kier molecular flexibility index (Phi) is 6.29. The molecule has 8 nitrogen and oxygen atoms in total. The van der Waals surface area contributed by atoms with Gasteiger partial charge in [0.2, 0.25) is 0 Å². The molecule has 2 aliphatic heterocycles. The molecule has 12 heteroatoms. The minimum Gasteiger partial charge on any atom is -0.493 e. The molecule has 0 amide bonds. The number of hydrogen-bond donors (Lipinski definition) is 1. The van der Waals surface area contributed by atoms with E-state index in [2.05, 4.69) is 10.9 Å². The van der Waals surface area contributed by atoms with Gasteiger partial charge in [0, 0.05) is 17.2 Å². The molecule has 0 aliphatic carbocycles. The van der Waals surface area contributed by atoms with Gasteiger partial charge < -0.3 is 18.5 Å². The average Bonchev–Trinajstić information content (AvgIpc) is 3.24. The van der Waals surface area contributed by atoms with Crippen molar-refractivity contribution >= 4 is 36.5 Å². The molecule has 1 saturated heterocycles. The number of terminal acetylenes is 1. The van der Waals surface area contributed by atoms with Gasteiger partial charge >= 0.3 is 8.60 Å². The van der Waals surface area contributed by atoms with E-state index in [0.29, 0.717) is 24.3 Å². The summed E-state index contributed by atoms with van der Waals surface area (Å²) in [5.74, 6) is 3.41. The van der Waals surface area contributed by atoms with Crippen molar-refractivity contribution in [2.45, 2.75) is 37.2 Å². The number of fused-ring (bicyclic) bond motifs is 1. The van der Waals surface area contributed by atoms with Crippen LogP contribution in [0.25, 0.3) is 0 Å². The maximum atomic E-state index is 11.8. The second-order valence-corrected chi connectivity index (χ2v) is 8.45. The smallest absolute Gasteiger partial charge is 0.396 e. The van der Waals surface area contributed by atoms with E-state index in [0.717, 1.165) is 5.56 Å². The molecule has 3 atom stereocenters. The van der Waals surface area contributed by atoms with Crippen LogP contribution in [0.15, 0.2) is 29.2 Å². The molecule has 4 rings (SSSR count). The summed E-state index contributed by atoms with van der Waals surface area (Å²) in [7, 11) is 12.1. The van der Waals surface area contributed by atoms with E-state index in [1.165, 1.54) is 6.20 Å². The molecule has 3 heterocycles. The first-order valence-corrected chi connectivity index (χ1v) is 10.8. The Morgan fingerprint density at radius 3 is 2.97 bits per heavy atom. The van der Waals surface area contributed by atoms with Gasteiger partial charge in [0.15, 0.2) is 16.3 Å². The summed E-state index contributed by atoms with van der Waals surface area (Å²) >= 11 is 5.22. The second-order valence-electron chi connectivity index (χ2n) is 6.99. The van der Waals surface area contributed by atoms with Crippen molar-refractivity contribution < 1.29 is 23.0 Å². The fourth-order valence-corrected chi connectivity index (χ4v) is 4.74. The lowest BCUT2D eigenvalue weighted by Crippen LogP contribution is -2.45. The summed E-state index contributed by atoms with van der Waals surface area (Å²) < 4.78 is 30.3. The van der Waals surface area contributed by atoms with Gasteiger partial charge in [0.25, 0.3) is 5.56 Å². The Morgan fingerprint density at radius 2 is 2.23 bits per heavy atom. The number of nitrogens with one attached hydrogen (secondary N) is 1. The van der Waals surface area contributed by atoms with Crippen molar-refractivity contribution in [2.24, 2.45) is 0 Å². The number of H-pyrrole nitrogens is 1. The third-order valence-corrected chi connectivity index (χ3v) is 6.39. The number of aromatic amines is 1. The Hall–Kier alpha value is -2.08. The highest BCUT2D eigenvalue weighted by molar-refractivity contribution is 7.71. The predicted octanol–water partition coefficient (Wildman–Crippen LogP) is 2.42. The van der Waals surface area contributed by atoms with Crippen LogP contribution in [0.4, 0.5) is 0 Å². The summed E-state index contributed by atoms with van der Waals surface area (Å²) in [5.41, 5.74) is 0.540. The molecule has 4 radical (unpaired) electrons. The zero-order valence-electron chi connectivity index (χ0n) is 16.6. The molecule has 1 fully saturated rings. The maximum Gasteiger partial charge on any atom is 0.396 e. The minimum atomic E-state index is -1.88. The molecule has 2 aromatic rings. The molecule has 1 aromatic carbocycles. The van der Waals surface area contributed by atoms with Gasteiger partial charge in [-0.15, -0.1) is 6.42 Å². The lowest BCUT2D eigenvalue weighted by atomic mass is 9.61. The molecular weight excluding hydrogens is 437 g/mol. The van der Waals surface area contributed by atoms with Gasteiger partial charge in [-0.1, -0.05) is 18.1 Å². The number of aromatic nitrogens is 2. The van der Waals surface area contributed by atoms with E-state index in [1.807, 2.05) is 12.1 Å². The fraction of sp³-hybridized carbons (Fsp3) is 0.368. The lowest BCUT2D eigenvalue weighted by Gasteiger charge is -2.36. The molecule has 3 unspecified atom stereocenters. The average molecular weight is 454 g/mol. The SMILES string of the molecule is [B]C([B])(OP1OCc2cccc(OC)c2O1)C1CCC(n2cc(C#C)c(=O)[nH]c2=S)O1. The van der Waals surface area contributed by atoms with Crippen LogP contribution in [-0.2, 0) is 20.4 Å². The van der Waals surface area contributed by atoms with Gasteiger partial charge in [0.1, 0.15) is 27.5 Å². The van der Waals surface area contributed by atoms with Gasteiger partial charge in [-0.05, 0) is 31.1 Å². The van der Waals surface area contributed by atoms with E-state index in [4.69, 9.17) is 57.4 Å². The third kappa shape index (κ3) is 4.45. The highest BCUT2D eigenvalue weighted by Gasteiger charge is 2.41. The Morgan fingerprint density at radius 1 is 1.42 bits per heavy atom. The monoisotopic (exact) mass is 454 g/mol. The van der Waals surface area contributed by atoms with Crippen LogP contribution in [0, 0.1) is 17.1 Å². The summed E-state index contributed by atoms with van der Waals surface area (Å²) in [4.78, 5) is 14.3. The van der Waals surface area contributed by atoms with Crippen LogP contribution < -0.4 is 14.8 Å². The van der Waals surface area contributed by atoms with E-state index in [-0.39, 0.29) is 16.9 Å². The van der Waals surface area contributed by atoms with Crippen LogP contribution in [0.3, 0.4) is 0 Å². The number of ether oxygens (including phenoxy) is 2. The molecule has 1 N–H and O–H groups in total. The van der Waals surface area contributed by atoms with Crippen molar-refractivity contribution in [3.63, 3.8) is 0 Å². The molecule has 2 aliphatic rings. The van der Waals surface area contributed by atoms with Crippen molar-refractivity contribution in [1.82, 2.24) is 9.55 Å². The largest absolute Gasteiger partial charge is 0.493 e. The predicted molar refractivity (Wildman–Crippen MR) is 118 cm³/mol. The van der Waals surface area contributed by atoms with Crippen molar-refractivity contribution in [3.05, 3.63) is 50.6 Å². The molecule has 0 saturated carbocycles. The number of para-hydroxylation sites is 1. The van der Waals surface area contributed by atoms with E-state index in [1.54, 1.807) is 17.7 Å². The van der Waals surface area contributed by atoms with Gasteiger partial charge in [-0.2, -0.15) is 0 Å². The van der Waals surface area contributed by atoms with Crippen molar-refractivity contribution in [3.8, 4) is 23.8 Å². The maximum absolute atomic E-state index is 11.8. The highest BCUT2D eigenvalue weighted by atomic mass is 32.1. The molecule has 31 heavy (non-hydrogen) atoms. The van der Waals surface area contributed by atoms with E-state index >= 15 is 0 Å². The van der Waals surface area contributed by atoms with Crippen LogP contribution in [0.1, 0.15) is 30.2 Å². The lowest BCUT2D eigenvalue weighted by molar-refractivity contribution is -0.0462. The molecular formula is C19H17B2N2O6PS. The number of methoxy groups -OCH3 is 1. The molecule has 156 valence electrons. The van der Waals surface area contributed by atoms with Crippen molar-refractivity contribution in [1.29, 1.82) is 0 Å². The standard InChI is InChI=1S/C19H17B2N2O6PS/c1-3-11-9-23(18(31)22-17(11)24)15-8-7-14(27-15)19(20,21)29-30-26-10-12-5-4-6-13(25-2)16(12)28-30/h1,4-6,9,14-15H,7-8,10H2,2H3,(H,22,24,31). The van der Waals surface area contributed by atoms with Crippen LogP contribution >= 0.6 is 20.8 Å². The number of hydrogen-bond acceptors (Lipinski definition) is 7. The highest BCUT2D eigenvalue weighted by Crippen LogP contribution is 2.53. The van der Waals surface area contributed by atoms with E-state index < -0.39 is 31.9 Å². The minimum absolute atomic E-state index is 0.142. The van der Waals surface area contributed by atoms with Crippen LogP contribution in [0.5, 0.6) is 11.5 Å². The quantitative estimate of drug-likeness (QED) is 0.322. The first kappa shape index (κ1) is 22.1. The van der Waals surface area contributed by atoms with Gasteiger partial charge in [-0.3, -0.25) is 18.9 Å². The summed E-state index contributed by atoms with van der Waals surface area (Å²) in [6.07, 6.45) is 6.66. The molecule has 0 bridgehead atoms. The van der Waals surface area contributed by atoms with Gasteiger partial charge in [-0.25, -0.2) is 0 Å². The third-order valence-electron chi connectivity index (χ3n) is 4.94. The summed E-state index contributed by atoms with van der Waals surface area (Å²) in [6, 6.07) is 5.49. The normalized spacial score (nSPS) is 22.9. The van der Waals surface area contributed by atoms with Gasteiger partial charge in [0.05, 0.1) is 19.8 Å². The van der Waals surface area contributed by atoms with E-state index in [9.17, 15) is 4.79 Å². The van der Waals surface area contributed by atoms with Crippen LogP contribution in [-0.4, -0.2) is 43.9 Å². The molecule has 0 spiro atoms. The first-order valence-electron chi connectivity index (χ1n) is 9.33. The second kappa shape index (κ2) is 8.81. The first-order chi connectivity index (χ1) is 14.8. The summed E-state index contributed by atoms with van der Waals surface area (Å²) in [5, 5.41) is -1.70. The number of rotatable bonds is 5. The topological polar surface area (TPSA) is 83.9 Å².